The topological polar surface area (TPSA) is 62.6 Å². The maximum atomic E-state index is 12.7. The highest BCUT2D eigenvalue weighted by atomic mass is 19.4. The lowest BCUT2D eigenvalue weighted by Crippen LogP contribution is -2.43. The SMILES string of the molecule is [C-]#[N+]C(C)(C)CC(=O)NNC(=O)c1ccccc1Cc1ccc(C(F)(F)F)cc1. The summed E-state index contributed by atoms with van der Waals surface area (Å²) in [5.74, 6) is -1.05. The van der Waals surface area contributed by atoms with E-state index >= 15 is 0 Å². The fraction of sp³-hybridized carbons (Fsp3) is 0.286. The van der Waals surface area contributed by atoms with Crippen molar-refractivity contribution in [2.75, 3.05) is 0 Å². The van der Waals surface area contributed by atoms with Gasteiger partial charge in [0.25, 0.3) is 5.91 Å². The zero-order valence-corrected chi connectivity index (χ0v) is 15.9. The highest BCUT2D eigenvalue weighted by Gasteiger charge is 2.30. The van der Waals surface area contributed by atoms with E-state index in [2.05, 4.69) is 15.7 Å². The van der Waals surface area contributed by atoms with E-state index in [9.17, 15) is 22.8 Å². The lowest BCUT2D eigenvalue weighted by atomic mass is 9.98. The number of rotatable bonds is 5. The fourth-order valence-corrected chi connectivity index (χ4v) is 2.60. The van der Waals surface area contributed by atoms with Crippen LogP contribution in [0.3, 0.4) is 0 Å². The average molecular weight is 403 g/mol. The monoisotopic (exact) mass is 403 g/mol. The fourth-order valence-electron chi connectivity index (χ4n) is 2.60. The van der Waals surface area contributed by atoms with Gasteiger partial charge in [0.15, 0.2) is 0 Å². The van der Waals surface area contributed by atoms with Gasteiger partial charge in [0.1, 0.15) is 6.42 Å². The number of amides is 2. The Bertz CT molecular complexity index is 929. The molecule has 2 aromatic rings. The molecule has 8 heteroatoms. The van der Waals surface area contributed by atoms with Gasteiger partial charge in [-0.05, 0) is 35.7 Å². The van der Waals surface area contributed by atoms with E-state index in [4.69, 9.17) is 6.57 Å². The molecule has 0 heterocycles. The largest absolute Gasteiger partial charge is 0.416 e. The number of alkyl halides is 3. The quantitative estimate of drug-likeness (QED) is 0.582. The van der Waals surface area contributed by atoms with Crippen LogP contribution in [-0.4, -0.2) is 17.4 Å². The predicted molar refractivity (Wildman–Crippen MR) is 102 cm³/mol. The van der Waals surface area contributed by atoms with E-state index in [1.54, 1.807) is 38.1 Å². The van der Waals surface area contributed by atoms with Crippen LogP contribution in [0.15, 0.2) is 48.5 Å². The molecule has 2 N–H and O–H groups in total. The Morgan fingerprint density at radius 2 is 1.62 bits per heavy atom. The Kier molecular flexibility index (Phi) is 6.64. The number of hydrazine groups is 1. The molecule has 0 spiro atoms. The predicted octanol–water partition coefficient (Wildman–Crippen LogP) is 4.15. The summed E-state index contributed by atoms with van der Waals surface area (Å²) in [6.45, 7) is 10.3. The van der Waals surface area contributed by atoms with Crippen molar-refractivity contribution in [3.63, 3.8) is 0 Å². The lowest BCUT2D eigenvalue weighted by molar-refractivity contribution is -0.137. The molecule has 0 bridgehead atoms. The van der Waals surface area contributed by atoms with Gasteiger partial charge >= 0.3 is 6.18 Å². The molecular weight excluding hydrogens is 383 g/mol. The molecule has 2 amide bonds. The highest BCUT2D eigenvalue weighted by Crippen LogP contribution is 2.29. The van der Waals surface area contributed by atoms with Gasteiger partial charge in [-0.3, -0.25) is 20.4 Å². The number of hydrogen-bond acceptors (Lipinski definition) is 2. The number of carbonyl (C=O) groups is 2. The van der Waals surface area contributed by atoms with E-state index in [1.165, 1.54) is 12.1 Å². The number of carbonyl (C=O) groups excluding carboxylic acids is 2. The molecular formula is C21H20F3N3O2. The van der Waals surface area contributed by atoms with Crippen LogP contribution in [0.1, 0.15) is 47.3 Å². The zero-order chi connectivity index (χ0) is 21.7. The second-order valence-electron chi connectivity index (χ2n) is 7.13. The minimum absolute atomic E-state index is 0.0794. The molecule has 0 aliphatic rings. The van der Waals surface area contributed by atoms with Gasteiger partial charge in [0.05, 0.1) is 5.56 Å². The van der Waals surface area contributed by atoms with Gasteiger partial charge in [-0.25, -0.2) is 6.57 Å². The van der Waals surface area contributed by atoms with E-state index < -0.39 is 29.1 Å². The minimum Gasteiger partial charge on any atom is -0.310 e. The Morgan fingerprint density at radius 1 is 1.00 bits per heavy atom. The first-order valence-electron chi connectivity index (χ1n) is 8.74. The first-order valence-corrected chi connectivity index (χ1v) is 8.74. The summed E-state index contributed by atoms with van der Waals surface area (Å²) >= 11 is 0. The molecule has 0 fully saturated rings. The molecule has 0 radical (unpaired) electrons. The normalized spacial score (nSPS) is 11.4. The molecule has 29 heavy (non-hydrogen) atoms. The second kappa shape index (κ2) is 8.78. The summed E-state index contributed by atoms with van der Waals surface area (Å²) in [6.07, 6.45) is -4.24. The van der Waals surface area contributed by atoms with E-state index in [-0.39, 0.29) is 18.4 Å². The second-order valence-corrected chi connectivity index (χ2v) is 7.13. The van der Waals surface area contributed by atoms with Gasteiger partial charge in [-0.15, -0.1) is 0 Å². The highest BCUT2D eigenvalue weighted by molar-refractivity contribution is 5.96. The van der Waals surface area contributed by atoms with Crippen molar-refractivity contribution >= 4 is 11.8 Å². The van der Waals surface area contributed by atoms with Crippen LogP contribution in [0.2, 0.25) is 0 Å². The third-order valence-electron chi connectivity index (χ3n) is 4.15. The Labute approximate surface area is 166 Å². The van der Waals surface area contributed by atoms with Crippen molar-refractivity contribution in [2.24, 2.45) is 0 Å². The van der Waals surface area contributed by atoms with E-state index in [0.29, 0.717) is 11.1 Å². The third-order valence-corrected chi connectivity index (χ3v) is 4.15. The number of nitrogens with zero attached hydrogens (tertiary/aromatic N) is 1. The molecule has 2 rings (SSSR count). The first kappa shape index (κ1) is 22.0. The number of benzene rings is 2. The Hall–Kier alpha value is -3.34. The van der Waals surface area contributed by atoms with Crippen LogP contribution in [0.5, 0.6) is 0 Å². The standard InChI is InChI=1S/C21H20F3N3O2/c1-20(2,25-3)13-18(28)26-27-19(29)17-7-5-4-6-15(17)12-14-8-10-16(11-9-14)21(22,23)24/h4-11H,12-13H2,1-2H3,(H,26,28)(H,27,29). The molecule has 0 unspecified atom stereocenters. The summed E-state index contributed by atoms with van der Waals surface area (Å²) in [5, 5.41) is 0. The average Bonchev–Trinajstić information content (AvgIpc) is 2.66. The summed E-state index contributed by atoms with van der Waals surface area (Å²) in [6, 6.07) is 11.3. The lowest BCUT2D eigenvalue weighted by Gasteiger charge is -2.14. The molecule has 0 aliphatic carbocycles. The van der Waals surface area contributed by atoms with Gasteiger partial charge in [-0.2, -0.15) is 13.2 Å². The molecule has 0 saturated heterocycles. The van der Waals surface area contributed by atoms with Crippen LogP contribution in [0.25, 0.3) is 4.85 Å². The Morgan fingerprint density at radius 3 is 2.21 bits per heavy atom. The number of hydrogen-bond donors (Lipinski definition) is 2. The molecule has 5 nitrogen and oxygen atoms in total. The third kappa shape index (κ3) is 6.35. The molecule has 0 atom stereocenters. The van der Waals surface area contributed by atoms with Crippen molar-refractivity contribution in [1.82, 2.24) is 10.9 Å². The summed E-state index contributed by atoms with van der Waals surface area (Å²) in [4.78, 5) is 27.7. The van der Waals surface area contributed by atoms with Crippen molar-refractivity contribution in [1.29, 1.82) is 0 Å². The maximum Gasteiger partial charge on any atom is 0.416 e. The van der Waals surface area contributed by atoms with Crippen LogP contribution in [0.4, 0.5) is 13.2 Å². The van der Waals surface area contributed by atoms with Gasteiger partial charge in [-0.1, -0.05) is 30.3 Å². The molecule has 152 valence electrons. The van der Waals surface area contributed by atoms with Crippen LogP contribution in [-0.2, 0) is 17.4 Å². The zero-order valence-electron chi connectivity index (χ0n) is 15.9. The van der Waals surface area contributed by atoms with Crippen molar-refractivity contribution < 1.29 is 22.8 Å². The van der Waals surface area contributed by atoms with Crippen molar-refractivity contribution in [3.05, 3.63) is 82.2 Å². The number of halogens is 3. The minimum atomic E-state index is -4.41. The van der Waals surface area contributed by atoms with Crippen LogP contribution < -0.4 is 10.9 Å². The summed E-state index contributed by atoms with van der Waals surface area (Å²) < 4.78 is 38.1. The van der Waals surface area contributed by atoms with E-state index in [0.717, 1.165) is 12.1 Å². The summed E-state index contributed by atoms with van der Waals surface area (Å²) in [7, 11) is 0. The van der Waals surface area contributed by atoms with Gasteiger partial charge in [0.2, 0.25) is 11.4 Å². The molecule has 0 aromatic heterocycles. The van der Waals surface area contributed by atoms with Gasteiger partial charge in [0, 0.05) is 19.4 Å². The Balaban J connectivity index is 2.07. The maximum absolute atomic E-state index is 12.7. The number of nitrogens with one attached hydrogen (secondary N) is 2. The molecule has 2 aromatic carbocycles. The smallest absolute Gasteiger partial charge is 0.310 e. The van der Waals surface area contributed by atoms with Gasteiger partial charge < -0.3 is 4.85 Å². The van der Waals surface area contributed by atoms with Crippen LogP contribution >= 0.6 is 0 Å². The molecule has 0 saturated carbocycles. The molecule has 0 aliphatic heterocycles. The van der Waals surface area contributed by atoms with Crippen LogP contribution in [0, 0.1) is 6.57 Å². The van der Waals surface area contributed by atoms with Crippen molar-refractivity contribution in [3.8, 4) is 0 Å². The summed E-state index contributed by atoms with van der Waals surface area (Å²) in [5.41, 5.74) is 4.47. The van der Waals surface area contributed by atoms with Crippen molar-refractivity contribution in [2.45, 2.75) is 38.4 Å². The van der Waals surface area contributed by atoms with E-state index in [1.807, 2.05) is 0 Å². The first-order chi connectivity index (χ1) is 13.5.